The molecule has 1 saturated heterocycles. The summed E-state index contributed by atoms with van der Waals surface area (Å²) in [6.07, 6.45) is 6.42. The molecule has 1 N–H and O–H groups in total. The van der Waals surface area contributed by atoms with Gasteiger partial charge in [-0.3, -0.25) is 19.4 Å². The molecule has 3 heterocycles. The molecule has 2 amide bonds. The number of carbonyl (C=O) groups is 3. The molecule has 0 saturated carbocycles. The van der Waals surface area contributed by atoms with Crippen molar-refractivity contribution in [3.63, 3.8) is 0 Å². The zero-order chi connectivity index (χ0) is 29.2. The van der Waals surface area contributed by atoms with Crippen LogP contribution in [-0.2, 0) is 25.2 Å². The van der Waals surface area contributed by atoms with Gasteiger partial charge < -0.3 is 14.6 Å². The molecule has 0 aliphatic carbocycles. The van der Waals surface area contributed by atoms with Crippen LogP contribution in [0.3, 0.4) is 0 Å². The molecule has 11 nitrogen and oxygen atoms in total. The van der Waals surface area contributed by atoms with Gasteiger partial charge in [0.15, 0.2) is 9.84 Å². The van der Waals surface area contributed by atoms with E-state index in [1.165, 1.54) is 0 Å². The number of pyridine rings is 1. The Morgan fingerprint density at radius 1 is 1.00 bits per heavy atom. The Balaban J connectivity index is 1.52. The van der Waals surface area contributed by atoms with Crippen molar-refractivity contribution in [2.75, 3.05) is 18.8 Å². The number of carbonyl (C=O) groups excluding carboxylic acids is 3. The van der Waals surface area contributed by atoms with E-state index in [1.54, 1.807) is 59.8 Å². The Morgan fingerprint density at radius 2 is 1.71 bits per heavy atom. The van der Waals surface area contributed by atoms with Crippen molar-refractivity contribution in [2.24, 2.45) is 5.92 Å². The van der Waals surface area contributed by atoms with Gasteiger partial charge in [0, 0.05) is 37.5 Å². The normalized spacial score (nSPS) is 15.2. The van der Waals surface area contributed by atoms with Gasteiger partial charge in [-0.1, -0.05) is 43.7 Å². The minimum Gasteiger partial charge on any atom is -0.414 e. The number of benzene rings is 1. The Labute approximate surface area is 239 Å². The number of amides is 2. The minimum atomic E-state index is -3.77. The summed E-state index contributed by atoms with van der Waals surface area (Å²) in [6.45, 7) is 3.01. The van der Waals surface area contributed by atoms with Gasteiger partial charge in [-0.25, -0.2) is 8.42 Å². The van der Waals surface area contributed by atoms with Crippen LogP contribution in [0.25, 0.3) is 11.5 Å². The van der Waals surface area contributed by atoms with Gasteiger partial charge in [-0.15, -0.1) is 10.2 Å². The molecule has 1 aliphatic heterocycles. The highest BCUT2D eigenvalue weighted by Gasteiger charge is 2.34. The van der Waals surface area contributed by atoms with Crippen LogP contribution < -0.4 is 5.32 Å². The number of hydrogen-bond acceptors (Lipinski definition) is 9. The highest BCUT2D eigenvalue weighted by molar-refractivity contribution is 7.90. The summed E-state index contributed by atoms with van der Waals surface area (Å²) in [5.41, 5.74) is 1.18. The quantitative estimate of drug-likeness (QED) is 0.300. The maximum absolute atomic E-state index is 13.6. The van der Waals surface area contributed by atoms with Crippen molar-refractivity contribution in [2.45, 2.75) is 57.2 Å². The summed E-state index contributed by atoms with van der Waals surface area (Å²) in [5.74, 6) is -3.60. The van der Waals surface area contributed by atoms with Crippen molar-refractivity contribution in [3.05, 3.63) is 66.3 Å². The standard InChI is InChI=1S/C29H35N5O6S/c1-2-9-24(26(36)29-33-32-28(40-29)22-12-14-30-15-13-22)31-27(37)23(18-25(35)34-16-7-4-8-17-34)20-41(38,39)19-21-10-5-3-6-11-21/h3,5-6,10-15,23-24H,2,4,7-9,16-20H2,1H3,(H,31,37). The van der Waals surface area contributed by atoms with Gasteiger partial charge in [0.1, 0.15) is 0 Å². The third-order valence-electron chi connectivity index (χ3n) is 6.96. The molecule has 0 bridgehead atoms. The van der Waals surface area contributed by atoms with Crippen molar-refractivity contribution < 1.29 is 27.2 Å². The Morgan fingerprint density at radius 3 is 2.39 bits per heavy atom. The van der Waals surface area contributed by atoms with E-state index in [1.807, 2.05) is 6.92 Å². The number of ketones is 1. The van der Waals surface area contributed by atoms with Gasteiger partial charge in [0.25, 0.3) is 5.89 Å². The molecule has 12 heteroatoms. The summed E-state index contributed by atoms with van der Waals surface area (Å²) in [6, 6.07) is 11.0. The van der Waals surface area contributed by atoms with Gasteiger partial charge in [-0.05, 0) is 43.4 Å². The van der Waals surface area contributed by atoms with Crippen LogP contribution in [0, 0.1) is 5.92 Å². The molecule has 218 valence electrons. The Kier molecular flexibility index (Phi) is 10.3. The lowest BCUT2D eigenvalue weighted by Crippen LogP contribution is -2.47. The molecular weight excluding hydrogens is 546 g/mol. The zero-order valence-corrected chi connectivity index (χ0v) is 23.9. The van der Waals surface area contributed by atoms with Crippen molar-refractivity contribution in [1.82, 2.24) is 25.4 Å². The van der Waals surface area contributed by atoms with Crippen LogP contribution in [0.2, 0.25) is 0 Å². The third kappa shape index (κ3) is 8.53. The number of nitrogens with one attached hydrogen (secondary N) is 1. The monoisotopic (exact) mass is 581 g/mol. The van der Waals surface area contributed by atoms with Crippen LogP contribution in [-0.4, -0.2) is 71.0 Å². The fourth-order valence-electron chi connectivity index (χ4n) is 4.83. The van der Waals surface area contributed by atoms with E-state index in [-0.39, 0.29) is 36.3 Å². The highest BCUT2D eigenvalue weighted by atomic mass is 32.2. The van der Waals surface area contributed by atoms with Gasteiger partial charge in [0.05, 0.1) is 23.5 Å². The summed E-state index contributed by atoms with van der Waals surface area (Å²) in [5, 5.41) is 10.5. The number of aromatic nitrogens is 3. The van der Waals surface area contributed by atoms with E-state index in [0.717, 1.165) is 19.3 Å². The summed E-state index contributed by atoms with van der Waals surface area (Å²) >= 11 is 0. The molecule has 1 aromatic carbocycles. The molecule has 2 atom stereocenters. The maximum atomic E-state index is 13.6. The van der Waals surface area contributed by atoms with Crippen LogP contribution in [0.1, 0.15) is 61.7 Å². The second-order valence-electron chi connectivity index (χ2n) is 10.2. The molecule has 2 unspecified atom stereocenters. The predicted molar refractivity (Wildman–Crippen MR) is 151 cm³/mol. The first-order chi connectivity index (χ1) is 19.8. The number of rotatable bonds is 13. The van der Waals surface area contributed by atoms with Crippen LogP contribution >= 0.6 is 0 Å². The smallest absolute Gasteiger partial charge is 0.286 e. The molecule has 3 aromatic rings. The van der Waals surface area contributed by atoms with Gasteiger partial charge in [-0.2, -0.15) is 0 Å². The van der Waals surface area contributed by atoms with Gasteiger partial charge >= 0.3 is 0 Å². The number of nitrogens with zero attached hydrogens (tertiary/aromatic N) is 4. The third-order valence-corrected chi connectivity index (χ3v) is 8.64. The first-order valence-electron chi connectivity index (χ1n) is 13.9. The van der Waals surface area contributed by atoms with Crippen molar-refractivity contribution >= 4 is 27.4 Å². The predicted octanol–water partition coefficient (Wildman–Crippen LogP) is 3.23. The van der Waals surface area contributed by atoms with Gasteiger partial charge in [0.2, 0.25) is 23.5 Å². The second-order valence-corrected chi connectivity index (χ2v) is 12.4. The fourth-order valence-corrected chi connectivity index (χ4v) is 6.53. The van der Waals surface area contributed by atoms with E-state index in [2.05, 4.69) is 20.5 Å². The number of likely N-dealkylation sites (tertiary alicyclic amines) is 1. The van der Waals surface area contributed by atoms with Crippen LogP contribution in [0.4, 0.5) is 0 Å². The average Bonchev–Trinajstić information content (AvgIpc) is 3.48. The molecule has 41 heavy (non-hydrogen) atoms. The maximum Gasteiger partial charge on any atom is 0.286 e. The lowest BCUT2D eigenvalue weighted by atomic mass is 10.0. The topological polar surface area (TPSA) is 152 Å². The lowest BCUT2D eigenvalue weighted by molar-refractivity contribution is -0.136. The average molecular weight is 582 g/mol. The van der Waals surface area contributed by atoms with Crippen LogP contribution in [0.5, 0.6) is 0 Å². The number of hydrogen-bond donors (Lipinski definition) is 1. The van der Waals surface area contributed by atoms with E-state index in [9.17, 15) is 22.8 Å². The molecule has 4 rings (SSSR count). The summed E-state index contributed by atoms with van der Waals surface area (Å²) in [4.78, 5) is 45.6. The van der Waals surface area contributed by atoms with E-state index in [0.29, 0.717) is 30.6 Å². The number of piperidine rings is 1. The first kappa shape index (κ1) is 30.0. The van der Waals surface area contributed by atoms with E-state index < -0.39 is 39.2 Å². The summed E-state index contributed by atoms with van der Waals surface area (Å²) in [7, 11) is -3.77. The molecule has 0 radical (unpaired) electrons. The molecule has 1 aliphatic rings. The lowest BCUT2D eigenvalue weighted by Gasteiger charge is -2.28. The molecular formula is C29H35N5O6S. The first-order valence-corrected chi connectivity index (χ1v) is 15.7. The van der Waals surface area contributed by atoms with Crippen molar-refractivity contribution in [3.8, 4) is 11.5 Å². The molecule has 2 aromatic heterocycles. The number of sulfone groups is 1. The fraction of sp³-hybridized carbons (Fsp3) is 0.448. The van der Waals surface area contributed by atoms with Crippen molar-refractivity contribution in [1.29, 1.82) is 0 Å². The van der Waals surface area contributed by atoms with E-state index >= 15 is 0 Å². The minimum absolute atomic E-state index is 0.134. The highest BCUT2D eigenvalue weighted by Crippen LogP contribution is 2.20. The number of Topliss-reactive ketones (excluding diaryl/α,β-unsaturated/α-hetero) is 1. The second kappa shape index (κ2) is 14.1. The Bertz CT molecular complexity index is 1420. The summed E-state index contributed by atoms with van der Waals surface area (Å²) < 4.78 is 31.9. The molecule has 1 fully saturated rings. The SMILES string of the molecule is CCCC(NC(=O)C(CC(=O)N1CCCCC1)CS(=O)(=O)Cc1ccccc1)C(=O)c1nnc(-c2ccncc2)o1. The Hall–Kier alpha value is -3.93. The van der Waals surface area contributed by atoms with E-state index in [4.69, 9.17) is 4.42 Å². The largest absolute Gasteiger partial charge is 0.414 e. The molecule has 0 spiro atoms. The zero-order valence-electron chi connectivity index (χ0n) is 23.1. The van der Waals surface area contributed by atoms with Crippen LogP contribution in [0.15, 0.2) is 59.3 Å².